The van der Waals surface area contributed by atoms with Gasteiger partial charge in [-0.3, -0.25) is 4.79 Å². The molecule has 1 aliphatic rings. The Hall–Kier alpha value is -1.53. The maximum atomic E-state index is 13.3. The van der Waals surface area contributed by atoms with Crippen LogP contribution in [0.4, 0.5) is 14.5 Å². The van der Waals surface area contributed by atoms with Crippen molar-refractivity contribution in [2.75, 3.05) is 18.5 Å². The number of rotatable bonds is 5. The normalized spacial score (nSPS) is 16.8. The second-order valence-electron chi connectivity index (χ2n) is 4.79. The summed E-state index contributed by atoms with van der Waals surface area (Å²) in [5.74, 6) is -2.16. The van der Waals surface area contributed by atoms with Crippen molar-refractivity contribution in [2.45, 2.75) is 24.8 Å². The number of carbonyl (C=O) groups is 1. The van der Waals surface area contributed by atoms with Crippen molar-refractivity contribution in [2.24, 2.45) is 0 Å². The first-order valence-electron chi connectivity index (χ1n) is 6.16. The van der Waals surface area contributed by atoms with Crippen LogP contribution in [-0.4, -0.2) is 29.7 Å². The summed E-state index contributed by atoms with van der Waals surface area (Å²) in [6.07, 6.45) is 2.59. The van der Waals surface area contributed by atoms with Crippen molar-refractivity contribution in [3.05, 3.63) is 29.8 Å². The number of carbonyl (C=O) groups excluding carboxylic acids is 1. The van der Waals surface area contributed by atoms with E-state index in [-0.39, 0.29) is 13.2 Å². The molecule has 1 fully saturated rings. The molecular formula is C13H16F2N2O2. The van der Waals surface area contributed by atoms with Crippen molar-refractivity contribution < 1.29 is 18.7 Å². The molecule has 2 rings (SSSR count). The summed E-state index contributed by atoms with van der Waals surface area (Å²) >= 11 is 0. The molecule has 3 N–H and O–H groups in total. The molecule has 1 saturated carbocycles. The molecule has 0 bridgehead atoms. The van der Waals surface area contributed by atoms with Crippen molar-refractivity contribution in [3.63, 3.8) is 0 Å². The standard InChI is InChI=1S/C13H16F2N2O2/c14-9-3-1-4-10(15)12(9)17-11(19)7-16-13(8-18)5-2-6-13/h1,3-4,16,18H,2,5-8H2,(H,17,19). The fourth-order valence-corrected chi connectivity index (χ4v) is 2.06. The Bertz CT molecular complexity index is 450. The number of hydrogen-bond acceptors (Lipinski definition) is 3. The number of anilines is 1. The van der Waals surface area contributed by atoms with Gasteiger partial charge in [-0.2, -0.15) is 0 Å². The maximum Gasteiger partial charge on any atom is 0.238 e. The van der Waals surface area contributed by atoms with E-state index in [9.17, 15) is 18.7 Å². The molecule has 1 amide bonds. The third-order valence-electron chi connectivity index (χ3n) is 3.46. The van der Waals surface area contributed by atoms with Crippen LogP contribution in [0.3, 0.4) is 0 Å². The number of aliphatic hydroxyl groups excluding tert-OH is 1. The molecule has 0 heterocycles. The van der Waals surface area contributed by atoms with E-state index >= 15 is 0 Å². The summed E-state index contributed by atoms with van der Waals surface area (Å²) < 4.78 is 26.6. The highest BCUT2D eigenvalue weighted by molar-refractivity contribution is 5.92. The minimum atomic E-state index is -0.811. The zero-order valence-corrected chi connectivity index (χ0v) is 10.4. The average Bonchev–Trinajstić information content (AvgIpc) is 2.33. The molecule has 0 unspecified atom stereocenters. The van der Waals surface area contributed by atoms with Crippen LogP contribution in [0.15, 0.2) is 18.2 Å². The van der Waals surface area contributed by atoms with E-state index < -0.39 is 28.8 Å². The lowest BCUT2D eigenvalue weighted by Gasteiger charge is -2.41. The van der Waals surface area contributed by atoms with E-state index in [2.05, 4.69) is 10.6 Å². The van der Waals surface area contributed by atoms with E-state index in [1.165, 1.54) is 6.07 Å². The third-order valence-corrected chi connectivity index (χ3v) is 3.46. The topological polar surface area (TPSA) is 61.4 Å². The van der Waals surface area contributed by atoms with Gasteiger partial charge in [0.25, 0.3) is 0 Å². The van der Waals surface area contributed by atoms with Gasteiger partial charge in [0.1, 0.15) is 17.3 Å². The third kappa shape index (κ3) is 3.08. The Balaban J connectivity index is 1.91. The molecule has 0 aromatic heterocycles. The monoisotopic (exact) mass is 270 g/mol. The Morgan fingerprint density at radius 1 is 1.32 bits per heavy atom. The second-order valence-corrected chi connectivity index (χ2v) is 4.79. The largest absolute Gasteiger partial charge is 0.394 e. The van der Waals surface area contributed by atoms with Gasteiger partial charge in [0.15, 0.2) is 0 Å². The number of hydrogen-bond donors (Lipinski definition) is 3. The molecule has 4 nitrogen and oxygen atoms in total. The molecule has 1 aromatic rings. The number of benzene rings is 1. The van der Waals surface area contributed by atoms with Crippen molar-refractivity contribution in [3.8, 4) is 0 Å². The summed E-state index contributed by atoms with van der Waals surface area (Å²) in [6, 6.07) is 3.38. The molecule has 19 heavy (non-hydrogen) atoms. The van der Waals surface area contributed by atoms with E-state index in [0.29, 0.717) is 0 Å². The smallest absolute Gasteiger partial charge is 0.238 e. The van der Waals surface area contributed by atoms with Crippen LogP contribution in [0.1, 0.15) is 19.3 Å². The summed E-state index contributed by atoms with van der Waals surface area (Å²) in [5.41, 5.74) is -0.855. The Kier molecular flexibility index (Phi) is 4.11. The molecule has 104 valence electrons. The lowest BCUT2D eigenvalue weighted by Crippen LogP contribution is -2.55. The predicted molar refractivity (Wildman–Crippen MR) is 66.7 cm³/mol. The first kappa shape index (κ1) is 13.9. The van der Waals surface area contributed by atoms with Gasteiger partial charge in [0.05, 0.1) is 13.2 Å². The van der Waals surface area contributed by atoms with Gasteiger partial charge >= 0.3 is 0 Å². The molecule has 0 saturated heterocycles. The molecule has 0 spiro atoms. The van der Waals surface area contributed by atoms with Crippen LogP contribution in [0.25, 0.3) is 0 Å². The maximum absolute atomic E-state index is 13.3. The van der Waals surface area contributed by atoms with Gasteiger partial charge in [-0.05, 0) is 31.4 Å². The summed E-state index contributed by atoms with van der Waals surface area (Å²) in [5, 5.41) is 14.3. The lowest BCUT2D eigenvalue weighted by molar-refractivity contribution is -0.116. The lowest BCUT2D eigenvalue weighted by atomic mass is 9.77. The summed E-state index contributed by atoms with van der Waals surface area (Å²) in [7, 11) is 0. The van der Waals surface area contributed by atoms with Crippen molar-refractivity contribution in [1.29, 1.82) is 0 Å². The first-order chi connectivity index (χ1) is 9.06. The fraction of sp³-hybridized carbons (Fsp3) is 0.462. The minimum Gasteiger partial charge on any atom is -0.394 e. The predicted octanol–water partition coefficient (Wildman–Crippen LogP) is 1.41. The van der Waals surface area contributed by atoms with Crippen molar-refractivity contribution >= 4 is 11.6 Å². The SMILES string of the molecule is O=C(CNC1(CO)CCC1)Nc1c(F)cccc1F. The summed E-state index contributed by atoms with van der Waals surface area (Å²) in [4.78, 5) is 11.6. The molecule has 0 aliphatic heterocycles. The van der Waals surface area contributed by atoms with Crippen LogP contribution in [0.5, 0.6) is 0 Å². The highest BCUT2D eigenvalue weighted by atomic mass is 19.1. The Labute approximate surface area is 109 Å². The molecular weight excluding hydrogens is 254 g/mol. The Morgan fingerprint density at radius 2 is 1.95 bits per heavy atom. The van der Waals surface area contributed by atoms with Gasteiger partial charge in [0.2, 0.25) is 5.91 Å². The number of amides is 1. The summed E-state index contributed by atoms with van der Waals surface area (Å²) in [6.45, 7) is -0.136. The molecule has 1 aromatic carbocycles. The van der Waals surface area contributed by atoms with Gasteiger partial charge < -0.3 is 15.7 Å². The van der Waals surface area contributed by atoms with E-state index in [1.54, 1.807) is 0 Å². The van der Waals surface area contributed by atoms with E-state index in [1.807, 2.05) is 0 Å². The van der Waals surface area contributed by atoms with Crippen LogP contribution < -0.4 is 10.6 Å². The van der Waals surface area contributed by atoms with E-state index in [4.69, 9.17) is 0 Å². The van der Waals surface area contributed by atoms with Crippen LogP contribution in [0.2, 0.25) is 0 Å². The quantitative estimate of drug-likeness (QED) is 0.758. The number of aliphatic hydroxyl groups is 1. The van der Waals surface area contributed by atoms with Crippen LogP contribution >= 0.6 is 0 Å². The molecule has 6 heteroatoms. The zero-order chi connectivity index (χ0) is 13.9. The highest BCUT2D eigenvalue weighted by Gasteiger charge is 2.36. The van der Waals surface area contributed by atoms with Crippen LogP contribution in [-0.2, 0) is 4.79 Å². The van der Waals surface area contributed by atoms with Gasteiger partial charge in [-0.25, -0.2) is 8.78 Å². The second kappa shape index (κ2) is 5.63. The van der Waals surface area contributed by atoms with Gasteiger partial charge in [-0.15, -0.1) is 0 Å². The number of para-hydroxylation sites is 1. The first-order valence-corrected chi connectivity index (χ1v) is 6.16. The zero-order valence-electron chi connectivity index (χ0n) is 10.4. The van der Waals surface area contributed by atoms with Crippen molar-refractivity contribution in [1.82, 2.24) is 5.32 Å². The molecule has 0 atom stereocenters. The average molecular weight is 270 g/mol. The minimum absolute atomic E-state index is 0.0473. The van der Waals surface area contributed by atoms with Gasteiger partial charge in [0, 0.05) is 5.54 Å². The van der Waals surface area contributed by atoms with Crippen LogP contribution in [0, 0.1) is 11.6 Å². The number of halogens is 2. The Morgan fingerprint density at radius 3 is 2.42 bits per heavy atom. The fourth-order valence-electron chi connectivity index (χ4n) is 2.06. The van der Waals surface area contributed by atoms with Gasteiger partial charge in [-0.1, -0.05) is 6.07 Å². The highest BCUT2D eigenvalue weighted by Crippen LogP contribution is 2.30. The molecule has 1 aliphatic carbocycles. The number of nitrogens with one attached hydrogen (secondary N) is 2. The molecule has 0 radical (unpaired) electrons. The van der Waals surface area contributed by atoms with E-state index in [0.717, 1.165) is 31.4 Å².